The van der Waals surface area contributed by atoms with Crippen LogP contribution in [0.25, 0.3) is 0 Å². The Kier molecular flexibility index (Phi) is 6.97. The number of amides is 3. The maximum atomic E-state index is 12.7. The molecule has 0 aromatic heterocycles. The van der Waals surface area contributed by atoms with E-state index in [-0.39, 0.29) is 24.7 Å². The van der Waals surface area contributed by atoms with Crippen molar-refractivity contribution in [3.63, 3.8) is 0 Å². The fourth-order valence-corrected chi connectivity index (χ4v) is 2.82. The number of halogens is 3. The first kappa shape index (κ1) is 21.6. The Labute approximate surface area is 159 Å². The molecule has 0 radical (unpaired) electrons. The number of ether oxygens (including phenoxy) is 1. The number of carbonyl (C=O) groups is 3. The summed E-state index contributed by atoms with van der Waals surface area (Å²) in [6.07, 6.45) is -4.59. The van der Waals surface area contributed by atoms with Crippen molar-refractivity contribution in [2.45, 2.75) is 19.1 Å². The molecule has 1 atom stereocenters. The molecule has 1 aromatic carbocycles. The van der Waals surface area contributed by atoms with Crippen molar-refractivity contribution in [1.82, 2.24) is 4.90 Å². The van der Waals surface area contributed by atoms with Gasteiger partial charge in [0.25, 0.3) is 11.8 Å². The van der Waals surface area contributed by atoms with Crippen LogP contribution in [0.15, 0.2) is 24.3 Å². The molecule has 0 unspecified atom stereocenters. The number of benzene rings is 1. The van der Waals surface area contributed by atoms with Crippen LogP contribution in [0.4, 0.5) is 24.5 Å². The van der Waals surface area contributed by atoms with E-state index in [1.165, 1.54) is 24.0 Å². The zero-order valence-electron chi connectivity index (χ0n) is 15.2. The number of nitrogens with two attached hydrogens (primary N) is 1. The molecule has 1 aliphatic rings. The standard InChI is InChI=1S/C17H21F3N4O4/c1-2-23(10-17(18,19)20)14(15(21)26)16(27)22-11-3-5-12(6-4-11)24-7-8-28-9-13(24)25/h3-6,14H,2,7-10H2,1H3,(H2,21,26)(H,22,27)/t14-/m1/s1. The minimum atomic E-state index is -4.59. The SMILES string of the molecule is CCN(CC(F)(F)F)[C@H](C(N)=O)C(=O)Nc1ccc(N2CCOCC2=O)cc1. The highest BCUT2D eigenvalue weighted by Gasteiger charge is 2.38. The molecule has 154 valence electrons. The number of carbonyl (C=O) groups excluding carboxylic acids is 3. The Morgan fingerprint density at radius 1 is 1.32 bits per heavy atom. The van der Waals surface area contributed by atoms with Crippen molar-refractivity contribution in [3.8, 4) is 0 Å². The number of morpholine rings is 1. The van der Waals surface area contributed by atoms with Crippen LogP contribution in [0, 0.1) is 0 Å². The number of primary amides is 1. The summed E-state index contributed by atoms with van der Waals surface area (Å²) >= 11 is 0. The summed E-state index contributed by atoms with van der Waals surface area (Å²) in [6.45, 7) is 0.517. The van der Waals surface area contributed by atoms with Crippen LogP contribution >= 0.6 is 0 Å². The second-order valence-corrected chi connectivity index (χ2v) is 6.12. The van der Waals surface area contributed by atoms with E-state index in [1.54, 1.807) is 12.1 Å². The summed E-state index contributed by atoms with van der Waals surface area (Å²) in [5, 5.41) is 2.39. The highest BCUT2D eigenvalue weighted by atomic mass is 19.4. The van der Waals surface area contributed by atoms with Gasteiger partial charge in [-0.3, -0.25) is 19.3 Å². The lowest BCUT2D eigenvalue weighted by molar-refractivity contribution is -0.156. The number of alkyl halides is 3. The van der Waals surface area contributed by atoms with E-state index in [4.69, 9.17) is 10.5 Å². The average molecular weight is 402 g/mol. The summed E-state index contributed by atoms with van der Waals surface area (Å²) in [4.78, 5) is 38.0. The van der Waals surface area contributed by atoms with E-state index in [9.17, 15) is 27.6 Å². The fourth-order valence-electron chi connectivity index (χ4n) is 2.82. The molecule has 0 aliphatic carbocycles. The third-order valence-electron chi connectivity index (χ3n) is 4.10. The van der Waals surface area contributed by atoms with Crippen LogP contribution < -0.4 is 16.0 Å². The van der Waals surface area contributed by atoms with Gasteiger partial charge in [0.05, 0.1) is 13.2 Å². The van der Waals surface area contributed by atoms with Gasteiger partial charge < -0.3 is 20.7 Å². The molecule has 0 saturated carbocycles. The van der Waals surface area contributed by atoms with Crippen LogP contribution in [-0.2, 0) is 19.1 Å². The third-order valence-corrected chi connectivity index (χ3v) is 4.10. The monoisotopic (exact) mass is 402 g/mol. The van der Waals surface area contributed by atoms with E-state index in [0.29, 0.717) is 23.7 Å². The van der Waals surface area contributed by atoms with Crippen LogP contribution in [0.1, 0.15) is 6.92 Å². The topological polar surface area (TPSA) is 105 Å². The lowest BCUT2D eigenvalue weighted by Crippen LogP contribution is -2.54. The maximum Gasteiger partial charge on any atom is 0.401 e. The third kappa shape index (κ3) is 5.67. The number of nitrogens with one attached hydrogen (secondary N) is 1. The number of hydrogen-bond acceptors (Lipinski definition) is 5. The predicted molar refractivity (Wildman–Crippen MR) is 94.5 cm³/mol. The van der Waals surface area contributed by atoms with E-state index < -0.39 is 30.6 Å². The van der Waals surface area contributed by atoms with Gasteiger partial charge in [-0.25, -0.2) is 0 Å². The van der Waals surface area contributed by atoms with Gasteiger partial charge >= 0.3 is 6.18 Å². The molecular formula is C17H21F3N4O4. The maximum absolute atomic E-state index is 12.7. The normalized spacial score (nSPS) is 16.2. The molecule has 3 amide bonds. The second-order valence-electron chi connectivity index (χ2n) is 6.12. The minimum Gasteiger partial charge on any atom is -0.370 e. The van der Waals surface area contributed by atoms with Gasteiger partial charge in [0, 0.05) is 17.9 Å². The zero-order valence-corrected chi connectivity index (χ0v) is 15.2. The first-order valence-corrected chi connectivity index (χ1v) is 8.51. The molecule has 1 aliphatic heterocycles. The first-order valence-electron chi connectivity index (χ1n) is 8.51. The Hall–Kier alpha value is -2.66. The average Bonchev–Trinajstić information content (AvgIpc) is 2.61. The smallest absolute Gasteiger partial charge is 0.370 e. The fraction of sp³-hybridized carbons (Fsp3) is 0.471. The van der Waals surface area contributed by atoms with Crippen molar-refractivity contribution in [1.29, 1.82) is 0 Å². The number of rotatable bonds is 7. The number of nitrogens with zero attached hydrogens (tertiary/aromatic N) is 2. The van der Waals surface area contributed by atoms with Gasteiger partial charge in [0.15, 0.2) is 6.04 Å². The second kappa shape index (κ2) is 9.02. The lowest BCUT2D eigenvalue weighted by Gasteiger charge is -2.28. The van der Waals surface area contributed by atoms with Crippen LogP contribution in [0.5, 0.6) is 0 Å². The van der Waals surface area contributed by atoms with Crippen molar-refractivity contribution >= 4 is 29.1 Å². The zero-order chi connectivity index (χ0) is 20.9. The van der Waals surface area contributed by atoms with Crippen molar-refractivity contribution < 1.29 is 32.3 Å². The number of anilines is 2. The van der Waals surface area contributed by atoms with Gasteiger partial charge in [-0.15, -0.1) is 0 Å². The molecule has 2 rings (SSSR count). The Morgan fingerprint density at radius 2 is 1.96 bits per heavy atom. The highest BCUT2D eigenvalue weighted by molar-refractivity contribution is 6.09. The van der Waals surface area contributed by atoms with Gasteiger partial charge in [0.2, 0.25) is 5.91 Å². The summed E-state index contributed by atoms with van der Waals surface area (Å²) < 4.78 is 43.1. The summed E-state index contributed by atoms with van der Waals surface area (Å²) in [7, 11) is 0. The number of likely N-dealkylation sites (N-methyl/N-ethyl adjacent to an activating group) is 1. The predicted octanol–water partition coefficient (Wildman–Crippen LogP) is 0.726. The summed E-state index contributed by atoms with van der Waals surface area (Å²) in [6, 6.07) is 4.34. The van der Waals surface area contributed by atoms with E-state index in [1.807, 2.05) is 0 Å². The van der Waals surface area contributed by atoms with Crippen LogP contribution in [0.3, 0.4) is 0 Å². The lowest BCUT2D eigenvalue weighted by atomic mass is 10.2. The van der Waals surface area contributed by atoms with E-state index in [0.717, 1.165) is 0 Å². The Balaban J connectivity index is 2.10. The quantitative estimate of drug-likeness (QED) is 0.654. The minimum absolute atomic E-state index is 0.0230. The van der Waals surface area contributed by atoms with Crippen LogP contribution in [-0.4, -0.2) is 67.7 Å². The highest BCUT2D eigenvalue weighted by Crippen LogP contribution is 2.21. The van der Waals surface area contributed by atoms with Crippen molar-refractivity contribution in [3.05, 3.63) is 24.3 Å². The van der Waals surface area contributed by atoms with Gasteiger partial charge in [-0.05, 0) is 30.8 Å². The molecule has 1 saturated heterocycles. The van der Waals surface area contributed by atoms with Gasteiger partial charge in [-0.2, -0.15) is 13.2 Å². The largest absolute Gasteiger partial charge is 0.401 e. The Bertz CT molecular complexity index is 724. The van der Waals surface area contributed by atoms with Crippen molar-refractivity contribution in [2.24, 2.45) is 5.73 Å². The molecule has 1 fully saturated rings. The van der Waals surface area contributed by atoms with Gasteiger partial charge in [-0.1, -0.05) is 6.92 Å². The molecule has 28 heavy (non-hydrogen) atoms. The molecule has 8 nitrogen and oxygen atoms in total. The molecule has 11 heteroatoms. The first-order chi connectivity index (χ1) is 13.1. The molecule has 0 bridgehead atoms. The van der Waals surface area contributed by atoms with Gasteiger partial charge in [0.1, 0.15) is 6.61 Å². The molecule has 1 aromatic rings. The molecule has 3 N–H and O–H groups in total. The van der Waals surface area contributed by atoms with E-state index >= 15 is 0 Å². The molecular weight excluding hydrogens is 381 g/mol. The van der Waals surface area contributed by atoms with Crippen LogP contribution in [0.2, 0.25) is 0 Å². The van der Waals surface area contributed by atoms with E-state index in [2.05, 4.69) is 5.32 Å². The molecule has 0 spiro atoms. The van der Waals surface area contributed by atoms with Crippen molar-refractivity contribution in [2.75, 3.05) is 43.1 Å². The summed E-state index contributed by atoms with van der Waals surface area (Å²) in [5.74, 6) is -2.35. The molecule has 1 heterocycles. The number of hydrogen-bond donors (Lipinski definition) is 2. The summed E-state index contributed by atoms with van der Waals surface area (Å²) in [5.41, 5.74) is 6.00. The Morgan fingerprint density at radius 3 is 2.46 bits per heavy atom.